The molecule has 0 aromatic carbocycles. The van der Waals surface area contributed by atoms with Crippen LogP contribution in [0.4, 0.5) is 5.95 Å². The number of anilines is 1. The Morgan fingerprint density at radius 2 is 2.14 bits per heavy atom. The Balaban J connectivity index is 1.77. The molecule has 122 valence electrons. The minimum Gasteiger partial charge on any atom is -0.376 e. The van der Waals surface area contributed by atoms with E-state index in [0.29, 0.717) is 6.10 Å². The molecule has 0 N–H and O–H groups in total. The normalized spacial score (nSPS) is 23.1. The first-order valence-electron chi connectivity index (χ1n) is 8.31. The number of rotatable bonds is 6. The lowest BCUT2D eigenvalue weighted by Gasteiger charge is -2.31. The van der Waals surface area contributed by atoms with Crippen molar-refractivity contribution in [3.05, 3.63) is 12.7 Å². The van der Waals surface area contributed by atoms with Crippen LogP contribution < -0.4 is 4.90 Å². The second-order valence-electron chi connectivity index (χ2n) is 6.30. The average Bonchev–Trinajstić information content (AvgIpc) is 3.17. The molecule has 2 saturated heterocycles. The van der Waals surface area contributed by atoms with Crippen LogP contribution >= 0.6 is 11.8 Å². The molecule has 0 radical (unpaired) electrons. The molecule has 2 aliphatic rings. The minimum absolute atomic E-state index is 0.307. The van der Waals surface area contributed by atoms with Crippen LogP contribution in [-0.4, -0.2) is 46.3 Å². The topological polar surface area (TPSA) is 43.2 Å². The van der Waals surface area contributed by atoms with Crippen LogP contribution in [0, 0.1) is 5.92 Å². The van der Waals surface area contributed by atoms with Crippen LogP contribution in [-0.2, 0) is 11.3 Å². The smallest absolute Gasteiger partial charge is 0.228 e. The predicted molar refractivity (Wildman–Crippen MR) is 90.5 cm³/mol. The molecule has 0 saturated carbocycles. The summed E-state index contributed by atoms with van der Waals surface area (Å²) in [5, 5.41) is 9.90. The third kappa shape index (κ3) is 3.66. The highest BCUT2D eigenvalue weighted by Crippen LogP contribution is 2.27. The van der Waals surface area contributed by atoms with Crippen LogP contribution in [0.25, 0.3) is 0 Å². The van der Waals surface area contributed by atoms with Gasteiger partial charge in [-0.1, -0.05) is 24.8 Å². The molecule has 22 heavy (non-hydrogen) atoms. The van der Waals surface area contributed by atoms with Crippen molar-refractivity contribution < 1.29 is 4.74 Å². The Morgan fingerprint density at radius 1 is 1.32 bits per heavy atom. The number of hydrogen-bond donors (Lipinski definition) is 0. The summed E-state index contributed by atoms with van der Waals surface area (Å²) in [5.41, 5.74) is 0. The molecule has 1 atom stereocenters. The van der Waals surface area contributed by atoms with Gasteiger partial charge < -0.3 is 9.64 Å². The fourth-order valence-corrected chi connectivity index (χ4v) is 3.79. The van der Waals surface area contributed by atoms with Crippen LogP contribution in [0.3, 0.4) is 0 Å². The SMILES string of the molecule is C=CCSc1nnc(N2CCC(C)CC2)n1C[C@H]1CCCO1. The summed E-state index contributed by atoms with van der Waals surface area (Å²) in [5.74, 6) is 2.70. The molecular weight excluding hydrogens is 296 g/mol. The van der Waals surface area contributed by atoms with E-state index in [1.165, 1.54) is 19.3 Å². The third-order valence-corrected chi connectivity index (χ3v) is 5.47. The molecule has 1 aromatic heterocycles. The maximum atomic E-state index is 5.82. The summed E-state index contributed by atoms with van der Waals surface area (Å²) in [6.45, 7) is 10.1. The van der Waals surface area contributed by atoms with Gasteiger partial charge in [0, 0.05) is 25.4 Å². The van der Waals surface area contributed by atoms with Crippen molar-refractivity contribution in [3.63, 3.8) is 0 Å². The zero-order valence-corrected chi connectivity index (χ0v) is 14.2. The predicted octanol–water partition coefficient (Wildman–Crippen LogP) is 2.97. The number of ether oxygens (including phenoxy) is 1. The van der Waals surface area contributed by atoms with Gasteiger partial charge in [-0.3, -0.25) is 4.57 Å². The molecule has 2 fully saturated rings. The van der Waals surface area contributed by atoms with Gasteiger partial charge in [0.05, 0.1) is 12.6 Å². The molecule has 5 nitrogen and oxygen atoms in total. The van der Waals surface area contributed by atoms with Crippen molar-refractivity contribution in [2.75, 3.05) is 30.3 Å². The van der Waals surface area contributed by atoms with Crippen LogP contribution in [0.2, 0.25) is 0 Å². The lowest BCUT2D eigenvalue weighted by molar-refractivity contribution is 0.0951. The van der Waals surface area contributed by atoms with E-state index >= 15 is 0 Å². The Hall–Kier alpha value is -1.01. The maximum absolute atomic E-state index is 5.82. The van der Waals surface area contributed by atoms with Crippen molar-refractivity contribution in [2.24, 2.45) is 5.92 Å². The Labute approximate surface area is 137 Å². The summed E-state index contributed by atoms with van der Waals surface area (Å²) in [6.07, 6.45) is 7.00. The van der Waals surface area contributed by atoms with E-state index in [4.69, 9.17) is 4.74 Å². The molecular formula is C16H26N4OS. The van der Waals surface area contributed by atoms with E-state index in [-0.39, 0.29) is 0 Å². The molecule has 3 rings (SSSR count). The van der Waals surface area contributed by atoms with E-state index in [1.54, 1.807) is 11.8 Å². The van der Waals surface area contributed by atoms with Gasteiger partial charge in [0.1, 0.15) is 0 Å². The molecule has 0 unspecified atom stereocenters. The molecule has 3 heterocycles. The molecule has 1 aromatic rings. The summed E-state index contributed by atoms with van der Waals surface area (Å²) >= 11 is 1.70. The molecule has 0 amide bonds. The number of piperidine rings is 1. The molecule has 2 aliphatic heterocycles. The quantitative estimate of drug-likeness (QED) is 0.595. The maximum Gasteiger partial charge on any atom is 0.228 e. The zero-order valence-electron chi connectivity index (χ0n) is 13.4. The van der Waals surface area contributed by atoms with Gasteiger partial charge in [-0.2, -0.15) is 0 Å². The van der Waals surface area contributed by atoms with E-state index in [0.717, 1.165) is 55.4 Å². The number of thioether (sulfide) groups is 1. The highest BCUT2D eigenvalue weighted by Gasteiger charge is 2.25. The Bertz CT molecular complexity index is 490. The standard InChI is InChI=1S/C16H26N4OS/c1-3-11-22-16-18-17-15(19-8-6-13(2)7-9-19)20(16)12-14-5-4-10-21-14/h3,13-14H,1,4-12H2,2H3/t14-/m1/s1. The van der Waals surface area contributed by atoms with Gasteiger partial charge in [0.25, 0.3) is 0 Å². The minimum atomic E-state index is 0.307. The molecule has 0 aliphatic carbocycles. The van der Waals surface area contributed by atoms with E-state index in [1.807, 2.05) is 6.08 Å². The van der Waals surface area contributed by atoms with Gasteiger partial charge in [0.2, 0.25) is 5.95 Å². The summed E-state index contributed by atoms with van der Waals surface area (Å²) in [7, 11) is 0. The van der Waals surface area contributed by atoms with Crippen molar-refractivity contribution in [1.82, 2.24) is 14.8 Å². The first-order valence-corrected chi connectivity index (χ1v) is 9.30. The summed E-state index contributed by atoms with van der Waals surface area (Å²) in [4.78, 5) is 2.39. The van der Waals surface area contributed by atoms with Crippen molar-refractivity contribution in [3.8, 4) is 0 Å². The van der Waals surface area contributed by atoms with Crippen LogP contribution in [0.5, 0.6) is 0 Å². The fraction of sp³-hybridized carbons (Fsp3) is 0.750. The molecule has 0 spiro atoms. The Kier molecular flexibility index (Phi) is 5.41. The van der Waals surface area contributed by atoms with Gasteiger partial charge in [0.15, 0.2) is 5.16 Å². The van der Waals surface area contributed by atoms with Crippen molar-refractivity contribution in [1.29, 1.82) is 0 Å². The van der Waals surface area contributed by atoms with Crippen LogP contribution in [0.1, 0.15) is 32.6 Å². The van der Waals surface area contributed by atoms with Crippen molar-refractivity contribution in [2.45, 2.75) is 50.4 Å². The number of hydrogen-bond acceptors (Lipinski definition) is 5. The average molecular weight is 322 g/mol. The summed E-state index contributed by atoms with van der Waals surface area (Å²) < 4.78 is 8.08. The first-order chi connectivity index (χ1) is 10.8. The number of aromatic nitrogens is 3. The monoisotopic (exact) mass is 322 g/mol. The van der Waals surface area contributed by atoms with Crippen LogP contribution in [0.15, 0.2) is 17.8 Å². The largest absolute Gasteiger partial charge is 0.376 e. The van der Waals surface area contributed by atoms with Gasteiger partial charge in [-0.05, 0) is 31.6 Å². The lowest BCUT2D eigenvalue weighted by Crippen LogP contribution is -2.35. The second kappa shape index (κ2) is 7.51. The highest BCUT2D eigenvalue weighted by molar-refractivity contribution is 7.99. The fourth-order valence-electron chi connectivity index (χ4n) is 3.12. The van der Waals surface area contributed by atoms with Gasteiger partial charge in [-0.25, -0.2) is 0 Å². The summed E-state index contributed by atoms with van der Waals surface area (Å²) in [6, 6.07) is 0. The van der Waals surface area contributed by atoms with E-state index < -0.39 is 0 Å². The Morgan fingerprint density at radius 3 is 2.82 bits per heavy atom. The van der Waals surface area contributed by atoms with E-state index in [9.17, 15) is 0 Å². The zero-order chi connectivity index (χ0) is 15.4. The third-order valence-electron chi connectivity index (χ3n) is 4.50. The lowest BCUT2D eigenvalue weighted by atomic mass is 10.00. The molecule has 0 bridgehead atoms. The van der Waals surface area contributed by atoms with Gasteiger partial charge >= 0.3 is 0 Å². The highest BCUT2D eigenvalue weighted by atomic mass is 32.2. The van der Waals surface area contributed by atoms with Crippen molar-refractivity contribution >= 4 is 17.7 Å². The van der Waals surface area contributed by atoms with Gasteiger partial charge in [-0.15, -0.1) is 16.8 Å². The number of nitrogens with zero attached hydrogens (tertiary/aromatic N) is 4. The van der Waals surface area contributed by atoms with E-state index in [2.05, 4.69) is 33.2 Å². The molecule has 6 heteroatoms. The second-order valence-corrected chi connectivity index (χ2v) is 7.28. The first kappa shape index (κ1) is 15.9.